The number of thiazole rings is 1. The summed E-state index contributed by atoms with van der Waals surface area (Å²) in [6.07, 6.45) is 5.67. The lowest BCUT2D eigenvalue weighted by Crippen LogP contribution is -2.30. The van der Waals surface area contributed by atoms with Gasteiger partial charge in [0.2, 0.25) is 5.91 Å². The number of nitrogens with zero attached hydrogens (tertiary/aromatic N) is 3. The molecule has 10 heteroatoms. The highest BCUT2D eigenvalue weighted by atomic mass is 35.5. The zero-order chi connectivity index (χ0) is 24.1. The molecule has 0 bridgehead atoms. The Labute approximate surface area is 211 Å². The molecule has 34 heavy (non-hydrogen) atoms. The van der Waals surface area contributed by atoms with Crippen LogP contribution in [0.15, 0.2) is 76.8 Å². The number of pyridine rings is 1. The van der Waals surface area contributed by atoms with E-state index in [-0.39, 0.29) is 29.4 Å². The van der Waals surface area contributed by atoms with Gasteiger partial charge in [-0.1, -0.05) is 35.1 Å². The van der Waals surface area contributed by atoms with E-state index in [0.29, 0.717) is 16.7 Å². The number of aromatic nitrogens is 2. The molecule has 0 aliphatic heterocycles. The highest BCUT2D eigenvalue weighted by Crippen LogP contribution is 2.35. The number of hydrogen-bond donors (Lipinski definition) is 0. The number of carbonyl (C=O) groups is 1. The van der Waals surface area contributed by atoms with E-state index >= 15 is 0 Å². The Balaban J connectivity index is 1.54. The van der Waals surface area contributed by atoms with E-state index in [0.717, 1.165) is 20.7 Å². The van der Waals surface area contributed by atoms with Gasteiger partial charge in [0.25, 0.3) is 0 Å². The van der Waals surface area contributed by atoms with E-state index in [1.54, 1.807) is 41.2 Å². The number of halogens is 1. The molecule has 0 atom stereocenters. The van der Waals surface area contributed by atoms with Gasteiger partial charge in [-0.25, -0.2) is 13.4 Å². The highest BCUT2D eigenvalue weighted by Gasteiger charge is 2.22. The third-order valence-corrected chi connectivity index (χ3v) is 9.04. The lowest BCUT2D eigenvalue weighted by atomic mass is 10.2. The summed E-state index contributed by atoms with van der Waals surface area (Å²) in [7, 11) is -3.51. The molecule has 2 heterocycles. The second kappa shape index (κ2) is 10.9. The van der Waals surface area contributed by atoms with Gasteiger partial charge in [0.1, 0.15) is 0 Å². The number of fused-ring (bicyclic) bond motifs is 1. The lowest BCUT2D eigenvalue weighted by molar-refractivity contribution is -0.118. The summed E-state index contributed by atoms with van der Waals surface area (Å²) in [5.74, 6) is -0.308. The van der Waals surface area contributed by atoms with Crippen LogP contribution >= 0.6 is 34.7 Å². The molecule has 0 aliphatic carbocycles. The summed E-state index contributed by atoms with van der Waals surface area (Å²) in [5.41, 5.74) is 1.73. The first-order chi connectivity index (χ1) is 16.4. The van der Waals surface area contributed by atoms with Crippen molar-refractivity contribution in [1.29, 1.82) is 0 Å². The Morgan fingerprint density at radius 2 is 1.91 bits per heavy atom. The minimum atomic E-state index is -3.51. The summed E-state index contributed by atoms with van der Waals surface area (Å²) in [6.45, 7) is 0.311. The molecule has 4 aromatic rings. The van der Waals surface area contributed by atoms with Crippen molar-refractivity contribution in [2.24, 2.45) is 0 Å². The number of amides is 1. The number of thioether (sulfide) groups is 1. The van der Waals surface area contributed by atoms with Crippen molar-refractivity contribution < 1.29 is 13.2 Å². The fourth-order valence-corrected chi connectivity index (χ4v) is 6.51. The van der Waals surface area contributed by atoms with E-state index in [9.17, 15) is 13.2 Å². The molecular formula is C24H22ClN3O3S3. The fourth-order valence-electron chi connectivity index (χ4n) is 3.44. The molecule has 0 fully saturated rings. The maximum atomic E-state index is 13.3. The number of benzene rings is 2. The Morgan fingerprint density at radius 1 is 1.12 bits per heavy atom. The van der Waals surface area contributed by atoms with Gasteiger partial charge in [0.05, 0.1) is 27.4 Å². The zero-order valence-electron chi connectivity index (χ0n) is 18.3. The minimum absolute atomic E-state index is 0.0817. The van der Waals surface area contributed by atoms with Crippen LogP contribution in [0.5, 0.6) is 0 Å². The quantitative estimate of drug-likeness (QED) is 0.252. The molecule has 2 aromatic heterocycles. The second-order valence-electron chi connectivity index (χ2n) is 7.52. The van der Waals surface area contributed by atoms with Crippen LogP contribution in [0.25, 0.3) is 10.2 Å². The van der Waals surface area contributed by atoms with Gasteiger partial charge < -0.3 is 0 Å². The van der Waals surface area contributed by atoms with Crippen molar-refractivity contribution in [3.63, 3.8) is 0 Å². The Hall–Kier alpha value is -2.46. The van der Waals surface area contributed by atoms with Crippen molar-refractivity contribution in [1.82, 2.24) is 9.97 Å². The van der Waals surface area contributed by atoms with Crippen LogP contribution in [0, 0.1) is 0 Å². The van der Waals surface area contributed by atoms with Crippen LogP contribution in [0.3, 0.4) is 0 Å². The molecule has 0 N–H and O–H groups in total. The molecular weight excluding hydrogens is 510 g/mol. The van der Waals surface area contributed by atoms with Gasteiger partial charge in [0.15, 0.2) is 15.0 Å². The Kier molecular flexibility index (Phi) is 7.88. The van der Waals surface area contributed by atoms with Gasteiger partial charge in [-0.05, 0) is 60.7 Å². The Morgan fingerprint density at radius 3 is 2.62 bits per heavy atom. The topological polar surface area (TPSA) is 80.2 Å². The van der Waals surface area contributed by atoms with Crippen molar-refractivity contribution in [2.75, 3.05) is 16.9 Å². The van der Waals surface area contributed by atoms with Gasteiger partial charge in [0, 0.05) is 28.7 Å². The molecule has 0 saturated heterocycles. The van der Waals surface area contributed by atoms with Crippen LogP contribution in [0.1, 0.15) is 18.4 Å². The SMILES string of the molecule is CSc1cccc2sc(N(Cc3cccnc3)C(=O)CCCS(=O)(=O)c3ccc(Cl)cc3)nc12. The van der Waals surface area contributed by atoms with E-state index in [4.69, 9.17) is 16.6 Å². The summed E-state index contributed by atoms with van der Waals surface area (Å²) >= 11 is 8.92. The number of carbonyl (C=O) groups excluding carboxylic acids is 1. The van der Waals surface area contributed by atoms with Crippen molar-refractivity contribution in [2.45, 2.75) is 29.2 Å². The molecule has 0 saturated carbocycles. The summed E-state index contributed by atoms with van der Waals surface area (Å²) in [4.78, 5) is 25.1. The third-order valence-electron chi connectivity index (χ3n) is 5.16. The maximum Gasteiger partial charge on any atom is 0.229 e. The fraction of sp³-hybridized carbons (Fsp3) is 0.208. The average molecular weight is 532 g/mol. The molecule has 0 spiro atoms. The second-order valence-corrected chi connectivity index (χ2v) is 11.9. The van der Waals surface area contributed by atoms with Gasteiger partial charge >= 0.3 is 0 Å². The molecule has 2 aromatic carbocycles. The smallest absolute Gasteiger partial charge is 0.229 e. The average Bonchev–Trinajstić information content (AvgIpc) is 3.27. The van der Waals surface area contributed by atoms with E-state index in [1.165, 1.54) is 23.5 Å². The monoisotopic (exact) mass is 531 g/mol. The van der Waals surface area contributed by atoms with E-state index in [1.807, 2.05) is 36.6 Å². The molecule has 6 nitrogen and oxygen atoms in total. The molecule has 0 unspecified atom stereocenters. The zero-order valence-corrected chi connectivity index (χ0v) is 21.6. The van der Waals surface area contributed by atoms with Gasteiger partial charge in [-0.2, -0.15) is 0 Å². The maximum absolute atomic E-state index is 13.3. The van der Waals surface area contributed by atoms with Crippen LogP contribution in [0.4, 0.5) is 5.13 Å². The predicted octanol–water partition coefficient (Wildman–Crippen LogP) is 5.85. The number of hydrogen-bond acceptors (Lipinski definition) is 7. The summed E-state index contributed by atoms with van der Waals surface area (Å²) < 4.78 is 26.3. The van der Waals surface area contributed by atoms with Crippen LogP contribution < -0.4 is 4.90 Å². The predicted molar refractivity (Wildman–Crippen MR) is 140 cm³/mol. The van der Waals surface area contributed by atoms with Crippen LogP contribution in [0.2, 0.25) is 5.02 Å². The van der Waals surface area contributed by atoms with Crippen molar-refractivity contribution >= 4 is 65.8 Å². The third kappa shape index (κ3) is 5.78. The standard InChI is InChI=1S/C24H22ClN3O3S3/c1-32-20-6-2-7-21-23(20)27-24(33-21)28(16-17-5-3-13-26-15-17)22(29)8-4-14-34(30,31)19-11-9-18(25)10-12-19/h2-3,5-7,9-13,15H,4,8,14,16H2,1H3. The van der Waals surface area contributed by atoms with E-state index < -0.39 is 9.84 Å². The highest BCUT2D eigenvalue weighted by molar-refractivity contribution is 7.98. The first-order valence-corrected chi connectivity index (χ1v) is 14.6. The number of para-hydroxylation sites is 1. The molecule has 0 aliphatic rings. The van der Waals surface area contributed by atoms with Gasteiger partial charge in [-0.15, -0.1) is 11.8 Å². The summed E-state index contributed by atoms with van der Waals surface area (Å²) in [5, 5.41) is 1.06. The number of rotatable bonds is 9. The minimum Gasteiger partial charge on any atom is -0.284 e. The lowest BCUT2D eigenvalue weighted by Gasteiger charge is -2.20. The first-order valence-electron chi connectivity index (χ1n) is 10.5. The first kappa shape index (κ1) is 24.7. The normalized spacial score (nSPS) is 11.6. The molecule has 0 radical (unpaired) electrons. The van der Waals surface area contributed by atoms with Crippen LogP contribution in [-0.2, 0) is 21.2 Å². The van der Waals surface area contributed by atoms with Crippen LogP contribution in [-0.4, -0.2) is 36.3 Å². The molecule has 176 valence electrons. The summed E-state index contributed by atoms with van der Waals surface area (Å²) in [6, 6.07) is 15.8. The Bertz CT molecular complexity index is 1390. The van der Waals surface area contributed by atoms with Crippen molar-refractivity contribution in [3.8, 4) is 0 Å². The largest absolute Gasteiger partial charge is 0.284 e. The number of sulfone groups is 1. The van der Waals surface area contributed by atoms with E-state index in [2.05, 4.69) is 4.98 Å². The molecule has 4 rings (SSSR count). The van der Waals surface area contributed by atoms with Gasteiger partial charge in [-0.3, -0.25) is 14.7 Å². The molecule has 1 amide bonds. The van der Waals surface area contributed by atoms with Crippen molar-refractivity contribution in [3.05, 3.63) is 77.6 Å². The number of anilines is 1.